The fourth-order valence-corrected chi connectivity index (χ4v) is 0.332. The van der Waals surface area contributed by atoms with Gasteiger partial charge in [-0.2, -0.15) is 13.2 Å². The molecule has 0 aromatic rings. The largest absolute Gasteiger partial charge is 0.404 e. The van der Waals surface area contributed by atoms with E-state index in [9.17, 15) is 18.0 Å². The highest BCUT2D eigenvalue weighted by molar-refractivity contribution is 5.74. The average molecular weight is 156 g/mol. The van der Waals surface area contributed by atoms with Crippen LogP contribution >= 0.6 is 0 Å². The number of carbonyl (C=O) groups is 1. The molecule has 0 aliphatic rings. The third-order valence-corrected chi connectivity index (χ3v) is 0.842. The molecule has 0 spiro atoms. The summed E-state index contributed by atoms with van der Waals surface area (Å²) in [5.41, 5.74) is 9.00. The highest BCUT2D eigenvalue weighted by Crippen LogP contribution is 2.19. The monoisotopic (exact) mass is 156 g/mol. The molecule has 0 rings (SSSR count). The highest BCUT2D eigenvalue weighted by atomic mass is 19.4. The van der Waals surface area contributed by atoms with Gasteiger partial charge < -0.3 is 11.5 Å². The molecule has 4 N–H and O–H groups in total. The van der Waals surface area contributed by atoms with E-state index in [0.717, 1.165) is 0 Å². The van der Waals surface area contributed by atoms with E-state index in [0.29, 0.717) is 0 Å². The minimum Gasteiger partial charge on any atom is -0.370 e. The maximum Gasteiger partial charge on any atom is 0.404 e. The Balaban J connectivity index is 3.85. The third kappa shape index (κ3) is 3.29. The summed E-state index contributed by atoms with van der Waals surface area (Å²) in [7, 11) is 0. The fourth-order valence-electron chi connectivity index (χ4n) is 0.332. The van der Waals surface area contributed by atoms with Crippen molar-refractivity contribution in [2.75, 3.05) is 0 Å². The minimum atomic E-state index is -4.53. The summed E-state index contributed by atoms with van der Waals surface area (Å²) in [4.78, 5) is 9.90. The van der Waals surface area contributed by atoms with Gasteiger partial charge in [0.25, 0.3) is 0 Å². The van der Waals surface area contributed by atoms with Crippen molar-refractivity contribution < 1.29 is 18.0 Å². The first-order chi connectivity index (χ1) is 4.34. The van der Waals surface area contributed by atoms with Gasteiger partial charge in [0.15, 0.2) is 0 Å². The minimum absolute atomic E-state index is 0.858. The van der Waals surface area contributed by atoms with E-state index in [4.69, 9.17) is 0 Å². The lowest BCUT2D eigenvalue weighted by Crippen LogP contribution is -2.40. The number of amides is 1. The maximum atomic E-state index is 11.5. The fraction of sp³-hybridized carbons (Fsp3) is 0.750. The van der Waals surface area contributed by atoms with E-state index in [1.165, 1.54) is 0 Å². The van der Waals surface area contributed by atoms with E-state index >= 15 is 0 Å². The van der Waals surface area contributed by atoms with Gasteiger partial charge in [0, 0.05) is 0 Å². The van der Waals surface area contributed by atoms with Gasteiger partial charge in [-0.15, -0.1) is 0 Å². The van der Waals surface area contributed by atoms with E-state index in [-0.39, 0.29) is 0 Å². The second-order valence-corrected chi connectivity index (χ2v) is 1.82. The molecule has 0 fully saturated rings. The smallest absolute Gasteiger partial charge is 0.370 e. The van der Waals surface area contributed by atoms with Gasteiger partial charge in [0.05, 0.1) is 6.42 Å². The third-order valence-electron chi connectivity index (χ3n) is 0.842. The lowest BCUT2D eigenvalue weighted by molar-refractivity contribution is -0.153. The molecule has 60 valence electrons. The number of hydrogen-bond donors (Lipinski definition) is 2. The molecule has 1 atom stereocenters. The molecule has 0 bridgehead atoms. The lowest BCUT2D eigenvalue weighted by Gasteiger charge is -2.12. The van der Waals surface area contributed by atoms with Crippen molar-refractivity contribution in [2.24, 2.45) is 11.5 Å². The first-order valence-electron chi connectivity index (χ1n) is 2.44. The molecule has 6 heteroatoms. The van der Waals surface area contributed by atoms with Gasteiger partial charge in [0.2, 0.25) is 5.91 Å². The Morgan fingerprint density at radius 3 is 2.00 bits per heavy atom. The van der Waals surface area contributed by atoms with Crippen molar-refractivity contribution in [3.8, 4) is 0 Å². The summed E-state index contributed by atoms with van der Waals surface area (Å²) >= 11 is 0. The zero-order valence-corrected chi connectivity index (χ0v) is 4.98. The van der Waals surface area contributed by atoms with Crippen LogP contribution < -0.4 is 11.5 Å². The molecule has 1 amide bonds. The normalized spacial score (nSPS) is 14.8. The number of halogens is 3. The summed E-state index contributed by atoms with van der Waals surface area (Å²) < 4.78 is 34.4. The van der Waals surface area contributed by atoms with Crippen molar-refractivity contribution in [3.63, 3.8) is 0 Å². The van der Waals surface area contributed by atoms with Crippen molar-refractivity contribution in [3.05, 3.63) is 0 Å². The van der Waals surface area contributed by atoms with E-state index in [1.807, 2.05) is 0 Å². The Kier molecular flexibility index (Phi) is 2.65. The van der Waals surface area contributed by atoms with Gasteiger partial charge in [-0.3, -0.25) is 4.79 Å². The van der Waals surface area contributed by atoms with E-state index in [1.54, 1.807) is 0 Å². The first kappa shape index (κ1) is 9.22. The topological polar surface area (TPSA) is 69.1 Å². The van der Waals surface area contributed by atoms with Crippen LogP contribution in [0.15, 0.2) is 0 Å². The first-order valence-corrected chi connectivity index (χ1v) is 2.44. The van der Waals surface area contributed by atoms with Gasteiger partial charge in [-0.1, -0.05) is 0 Å². The van der Waals surface area contributed by atoms with Gasteiger partial charge in [-0.05, 0) is 0 Å². The van der Waals surface area contributed by atoms with Crippen LogP contribution in [0.2, 0.25) is 0 Å². The SMILES string of the molecule is NC(=O)C[C@H](N)C(F)(F)F. The summed E-state index contributed by atoms with van der Waals surface area (Å²) in [6, 6.07) is -2.13. The predicted molar refractivity (Wildman–Crippen MR) is 27.8 cm³/mol. The number of primary amides is 1. The van der Waals surface area contributed by atoms with Crippen molar-refractivity contribution >= 4 is 5.91 Å². The summed E-state index contributed by atoms with van der Waals surface area (Å²) in [6.45, 7) is 0. The second kappa shape index (κ2) is 2.87. The number of nitrogens with two attached hydrogens (primary N) is 2. The molecule has 0 unspecified atom stereocenters. The zero-order chi connectivity index (χ0) is 8.36. The Labute approximate surface area is 55.2 Å². The predicted octanol–water partition coefficient (Wildman–Crippen LogP) is -0.249. The van der Waals surface area contributed by atoms with Crippen LogP contribution in [0.5, 0.6) is 0 Å². The number of rotatable bonds is 2. The van der Waals surface area contributed by atoms with Crippen LogP contribution in [0.25, 0.3) is 0 Å². The highest BCUT2D eigenvalue weighted by Gasteiger charge is 2.37. The summed E-state index contributed by atoms with van der Waals surface area (Å²) in [6.07, 6.45) is -5.39. The van der Waals surface area contributed by atoms with Crippen LogP contribution in [0.1, 0.15) is 6.42 Å². The molecule has 0 aromatic heterocycles. The van der Waals surface area contributed by atoms with Gasteiger partial charge in [0.1, 0.15) is 6.04 Å². The molecule has 3 nitrogen and oxygen atoms in total. The van der Waals surface area contributed by atoms with Gasteiger partial charge in [-0.25, -0.2) is 0 Å². The van der Waals surface area contributed by atoms with Crippen LogP contribution in [-0.4, -0.2) is 18.1 Å². The van der Waals surface area contributed by atoms with Crippen LogP contribution in [0.4, 0.5) is 13.2 Å². The quantitative estimate of drug-likeness (QED) is 0.578. The number of alkyl halides is 3. The summed E-state index contributed by atoms with van der Waals surface area (Å²) in [5.74, 6) is -1.05. The average Bonchev–Trinajstić information content (AvgIpc) is 1.60. The Morgan fingerprint density at radius 1 is 1.50 bits per heavy atom. The Hall–Kier alpha value is -0.780. The zero-order valence-electron chi connectivity index (χ0n) is 4.98. The van der Waals surface area contributed by atoms with E-state index < -0.39 is 24.5 Å². The van der Waals surface area contributed by atoms with E-state index in [2.05, 4.69) is 11.5 Å². The molecule has 0 aliphatic carbocycles. The van der Waals surface area contributed by atoms with Crippen molar-refractivity contribution in [1.29, 1.82) is 0 Å². The Morgan fingerprint density at radius 2 is 1.90 bits per heavy atom. The number of hydrogen-bond acceptors (Lipinski definition) is 2. The van der Waals surface area contributed by atoms with Crippen LogP contribution in [0.3, 0.4) is 0 Å². The molecule has 0 radical (unpaired) electrons. The number of carbonyl (C=O) groups excluding carboxylic acids is 1. The Bertz CT molecular complexity index is 133. The molecular weight excluding hydrogens is 149 g/mol. The van der Waals surface area contributed by atoms with Gasteiger partial charge >= 0.3 is 6.18 Å². The molecule has 0 saturated carbocycles. The summed E-state index contributed by atoms with van der Waals surface area (Å²) in [5, 5.41) is 0. The molecule has 0 aromatic carbocycles. The lowest BCUT2D eigenvalue weighted by atomic mass is 10.2. The van der Waals surface area contributed by atoms with Crippen molar-refractivity contribution in [2.45, 2.75) is 18.6 Å². The molecule has 10 heavy (non-hydrogen) atoms. The molecule has 0 heterocycles. The molecular formula is C4H7F3N2O. The van der Waals surface area contributed by atoms with Crippen LogP contribution in [0, 0.1) is 0 Å². The maximum absolute atomic E-state index is 11.5. The molecule has 0 aliphatic heterocycles. The molecule has 0 saturated heterocycles. The van der Waals surface area contributed by atoms with Crippen molar-refractivity contribution in [1.82, 2.24) is 0 Å². The standard InChI is InChI=1S/C4H7F3N2O/c5-4(6,7)2(8)1-3(9)10/h2H,1,8H2,(H2,9,10)/t2-/m0/s1. The van der Waals surface area contributed by atoms with Crippen LogP contribution in [-0.2, 0) is 4.79 Å². The second-order valence-electron chi connectivity index (χ2n) is 1.82.